The van der Waals surface area contributed by atoms with Crippen molar-refractivity contribution in [2.75, 3.05) is 0 Å². The van der Waals surface area contributed by atoms with E-state index in [0.717, 1.165) is 39.2 Å². The largest absolute Gasteiger partial charge is 0.286 e. The summed E-state index contributed by atoms with van der Waals surface area (Å²) in [5.74, 6) is -0.0734. The minimum absolute atomic E-state index is 0.0734. The van der Waals surface area contributed by atoms with Crippen LogP contribution in [0, 0.1) is 13.8 Å². The van der Waals surface area contributed by atoms with E-state index >= 15 is 0 Å². The second-order valence-corrected chi connectivity index (χ2v) is 10.3. The van der Waals surface area contributed by atoms with Crippen molar-refractivity contribution in [1.29, 1.82) is 0 Å². The third kappa shape index (κ3) is 4.59. The van der Waals surface area contributed by atoms with Crippen LogP contribution >= 0.6 is 24.0 Å². The van der Waals surface area contributed by atoms with Crippen LogP contribution in [0.25, 0.3) is 23.0 Å². The number of carbonyl (C=O) groups excluding carboxylic acids is 1. The lowest BCUT2D eigenvalue weighted by atomic mass is 10.00. The van der Waals surface area contributed by atoms with Crippen molar-refractivity contribution < 1.29 is 4.79 Å². The fraction of sp³-hybridized carbons (Fsp3) is 0.138. The Morgan fingerprint density at radius 1 is 0.971 bits per heavy atom. The zero-order valence-electron chi connectivity index (χ0n) is 19.8. The monoisotopic (exact) mass is 495 g/mol. The van der Waals surface area contributed by atoms with Crippen molar-refractivity contribution in [3.63, 3.8) is 0 Å². The Balaban J connectivity index is 1.58. The third-order valence-corrected chi connectivity index (χ3v) is 7.52. The van der Waals surface area contributed by atoms with Crippen LogP contribution in [0.3, 0.4) is 0 Å². The van der Waals surface area contributed by atoms with E-state index in [1.807, 2.05) is 84.5 Å². The van der Waals surface area contributed by atoms with Gasteiger partial charge in [-0.25, -0.2) is 4.68 Å². The first-order chi connectivity index (χ1) is 16.9. The fourth-order valence-corrected chi connectivity index (χ4v) is 5.65. The van der Waals surface area contributed by atoms with Crippen LogP contribution in [0.1, 0.15) is 35.2 Å². The predicted octanol–water partition coefficient (Wildman–Crippen LogP) is 7.12. The van der Waals surface area contributed by atoms with Crippen molar-refractivity contribution in [2.45, 2.75) is 26.8 Å². The van der Waals surface area contributed by atoms with Gasteiger partial charge < -0.3 is 0 Å². The Hall–Kier alpha value is -3.48. The molecule has 0 bridgehead atoms. The lowest BCUT2D eigenvalue weighted by Gasteiger charge is -2.23. The molecule has 1 saturated heterocycles. The van der Waals surface area contributed by atoms with Crippen molar-refractivity contribution in [3.05, 3.63) is 112 Å². The van der Waals surface area contributed by atoms with Crippen LogP contribution in [0.5, 0.6) is 0 Å². The normalized spacial score (nSPS) is 15.7. The molecule has 1 aromatic heterocycles. The molecule has 1 unspecified atom stereocenters. The molecule has 35 heavy (non-hydrogen) atoms. The number of carbonyl (C=O) groups is 1. The molecule has 4 aromatic rings. The van der Waals surface area contributed by atoms with Gasteiger partial charge in [0.1, 0.15) is 10.0 Å². The van der Waals surface area contributed by atoms with Gasteiger partial charge in [0.05, 0.1) is 16.6 Å². The lowest BCUT2D eigenvalue weighted by molar-refractivity contribution is -0.123. The van der Waals surface area contributed by atoms with Crippen molar-refractivity contribution in [2.24, 2.45) is 0 Å². The summed E-state index contributed by atoms with van der Waals surface area (Å²) in [6, 6.07) is 26.2. The molecule has 1 fully saturated rings. The van der Waals surface area contributed by atoms with E-state index in [4.69, 9.17) is 17.3 Å². The van der Waals surface area contributed by atoms with E-state index in [-0.39, 0.29) is 11.9 Å². The highest BCUT2D eigenvalue weighted by Crippen LogP contribution is 2.39. The number of thioether (sulfide) groups is 1. The van der Waals surface area contributed by atoms with E-state index in [9.17, 15) is 4.79 Å². The van der Waals surface area contributed by atoms with Crippen molar-refractivity contribution in [1.82, 2.24) is 14.7 Å². The van der Waals surface area contributed by atoms with Gasteiger partial charge in [-0.1, -0.05) is 90.2 Å². The van der Waals surface area contributed by atoms with Gasteiger partial charge in [-0.15, -0.1) is 0 Å². The highest BCUT2D eigenvalue weighted by Gasteiger charge is 2.36. The van der Waals surface area contributed by atoms with Gasteiger partial charge in [0.25, 0.3) is 5.91 Å². The molecule has 3 aromatic carbocycles. The first kappa shape index (κ1) is 23.3. The Labute approximate surface area is 215 Å². The maximum atomic E-state index is 13.5. The first-order valence-electron chi connectivity index (χ1n) is 11.5. The predicted molar refractivity (Wildman–Crippen MR) is 148 cm³/mol. The van der Waals surface area contributed by atoms with Crippen LogP contribution in [0.2, 0.25) is 0 Å². The number of aryl methyl sites for hydroxylation is 2. The highest BCUT2D eigenvalue weighted by atomic mass is 32.2. The topological polar surface area (TPSA) is 38.1 Å². The van der Waals surface area contributed by atoms with Crippen LogP contribution in [-0.2, 0) is 4.79 Å². The third-order valence-electron chi connectivity index (χ3n) is 6.19. The van der Waals surface area contributed by atoms with Gasteiger partial charge in [-0.3, -0.25) is 9.69 Å². The SMILES string of the molecule is Cc1ccc(C)c(-c2nn(-c3ccccc3)cc2/C=C2/SC(=S)N(C(C)c3ccccc3)C2=O)c1. The van der Waals surface area contributed by atoms with Gasteiger partial charge >= 0.3 is 0 Å². The van der Waals surface area contributed by atoms with E-state index in [1.54, 1.807) is 4.90 Å². The molecule has 0 radical (unpaired) electrons. The summed E-state index contributed by atoms with van der Waals surface area (Å²) in [7, 11) is 0. The maximum Gasteiger partial charge on any atom is 0.266 e. The van der Waals surface area contributed by atoms with Gasteiger partial charge in [0.15, 0.2) is 0 Å². The fourth-order valence-electron chi connectivity index (χ4n) is 4.24. The second-order valence-electron chi connectivity index (χ2n) is 8.67. The molecule has 0 saturated carbocycles. The van der Waals surface area contributed by atoms with E-state index in [1.165, 1.54) is 11.8 Å². The minimum atomic E-state index is -0.139. The number of thiocarbonyl (C=S) groups is 1. The van der Waals surface area contributed by atoms with Gasteiger partial charge in [0, 0.05) is 17.3 Å². The van der Waals surface area contributed by atoms with Crippen LogP contribution in [-0.4, -0.2) is 24.9 Å². The van der Waals surface area contributed by atoms with Gasteiger partial charge in [-0.05, 0) is 56.2 Å². The van der Waals surface area contributed by atoms with Crippen LogP contribution in [0.15, 0.2) is 90.0 Å². The highest BCUT2D eigenvalue weighted by molar-refractivity contribution is 8.26. The van der Waals surface area contributed by atoms with E-state index in [0.29, 0.717) is 9.23 Å². The molecule has 2 heterocycles. The first-order valence-corrected chi connectivity index (χ1v) is 12.7. The Bertz CT molecular complexity index is 1440. The van der Waals surface area contributed by atoms with Gasteiger partial charge in [0.2, 0.25) is 0 Å². The number of hydrogen-bond donors (Lipinski definition) is 0. The average molecular weight is 496 g/mol. The zero-order chi connectivity index (χ0) is 24.5. The Kier molecular flexibility index (Phi) is 6.41. The number of rotatable bonds is 5. The molecule has 0 N–H and O–H groups in total. The number of aromatic nitrogens is 2. The van der Waals surface area contributed by atoms with E-state index < -0.39 is 0 Å². The standard InChI is InChI=1S/C29H25N3OS2/c1-19-14-15-20(2)25(16-19)27-23(18-31(30-27)24-12-8-5-9-13-24)17-26-28(33)32(29(34)35-26)21(3)22-10-6-4-7-11-22/h4-18,21H,1-3H3/b26-17+. The van der Waals surface area contributed by atoms with Crippen molar-refractivity contribution in [3.8, 4) is 16.9 Å². The summed E-state index contributed by atoms with van der Waals surface area (Å²) in [5, 5.41) is 4.95. The molecular weight excluding hydrogens is 470 g/mol. The Morgan fingerprint density at radius 3 is 2.37 bits per heavy atom. The quantitative estimate of drug-likeness (QED) is 0.218. The molecule has 0 spiro atoms. The Morgan fingerprint density at radius 2 is 1.66 bits per heavy atom. The van der Waals surface area contributed by atoms with Crippen LogP contribution < -0.4 is 0 Å². The molecule has 0 aliphatic carbocycles. The number of benzene rings is 3. The molecule has 1 amide bonds. The molecule has 1 aliphatic heterocycles. The second kappa shape index (κ2) is 9.64. The lowest BCUT2D eigenvalue weighted by Crippen LogP contribution is -2.30. The smallest absolute Gasteiger partial charge is 0.266 e. The summed E-state index contributed by atoms with van der Waals surface area (Å²) in [4.78, 5) is 15.8. The van der Waals surface area contributed by atoms with Gasteiger partial charge in [-0.2, -0.15) is 5.10 Å². The summed E-state index contributed by atoms with van der Waals surface area (Å²) in [5.41, 5.74) is 7.09. The molecule has 5 rings (SSSR count). The number of amides is 1. The zero-order valence-corrected chi connectivity index (χ0v) is 21.4. The molecular formula is C29H25N3OS2. The number of nitrogens with zero attached hydrogens (tertiary/aromatic N) is 3. The molecule has 1 aliphatic rings. The summed E-state index contributed by atoms with van der Waals surface area (Å²) < 4.78 is 2.44. The average Bonchev–Trinajstić information content (AvgIpc) is 3.41. The number of para-hydroxylation sites is 1. The van der Waals surface area contributed by atoms with E-state index in [2.05, 4.69) is 32.0 Å². The summed E-state index contributed by atoms with van der Waals surface area (Å²) in [6.07, 6.45) is 3.92. The van der Waals surface area contributed by atoms with Crippen LogP contribution in [0.4, 0.5) is 0 Å². The maximum absolute atomic E-state index is 13.5. The minimum Gasteiger partial charge on any atom is -0.286 e. The summed E-state index contributed by atoms with van der Waals surface area (Å²) >= 11 is 6.99. The molecule has 174 valence electrons. The molecule has 4 nitrogen and oxygen atoms in total. The van der Waals surface area contributed by atoms with Crippen molar-refractivity contribution >= 4 is 40.3 Å². The number of hydrogen-bond acceptors (Lipinski definition) is 4. The molecule has 6 heteroatoms. The summed E-state index contributed by atoms with van der Waals surface area (Å²) in [6.45, 7) is 6.17. The molecule has 1 atom stereocenters.